The fraction of sp³-hybridized carbons (Fsp3) is 0.714. The number of hydrogen-bond acceptors (Lipinski definition) is 5. The standard InChI is InChI=1S/C7H11N3O2S/c11-5-2-1-3-10(4-5)6-7(12)9-13-8-6/h5,11H,1-4H2,(H,9,12)/t5-/m0/s1. The molecule has 0 radical (unpaired) electrons. The minimum absolute atomic E-state index is 0.154. The molecule has 6 heteroatoms. The Labute approximate surface area is 79.3 Å². The number of nitrogens with one attached hydrogen (secondary N) is 1. The van der Waals surface area contributed by atoms with E-state index in [0.29, 0.717) is 12.4 Å². The number of aliphatic hydroxyl groups excluding tert-OH is 1. The van der Waals surface area contributed by atoms with E-state index in [2.05, 4.69) is 8.75 Å². The zero-order chi connectivity index (χ0) is 9.26. The van der Waals surface area contributed by atoms with Gasteiger partial charge in [-0.1, -0.05) is 0 Å². The molecular formula is C7H11N3O2S. The number of hydrogen-bond donors (Lipinski definition) is 2. The molecule has 2 heterocycles. The van der Waals surface area contributed by atoms with Crippen LogP contribution in [0.1, 0.15) is 12.8 Å². The average molecular weight is 201 g/mol. The molecule has 1 aromatic heterocycles. The SMILES string of the molecule is O=c1[nH]snc1N1CCC[C@H](O)C1. The summed E-state index contributed by atoms with van der Waals surface area (Å²) in [6.45, 7) is 1.33. The number of β-amino-alcohol motifs (C(OH)–C–C–N with tert-alkyl or cyclic N) is 1. The minimum Gasteiger partial charge on any atom is -0.391 e. The lowest BCUT2D eigenvalue weighted by Gasteiger charge is -2.29. The summed E-state index contributed by atoms with van der Waals surface area (Å²) in [6.07, 6.45) is 1.41. The zero-order valence-electron chi connectivity index (χ0n) is 7.06. The Morgan fingerprint density at radius 2 is 2.54 bits per heavy atom. The first kappa shape index (κ1) is 8.71. The maximum Gasteiger partial charge on any atom is 0.302 e. The number of aromatic nitrogens is 2. The monoisotopic (exact) mass is 201 g/mol. The van der Waals surface area contributed by atoms with Crippen LogP contribution in [0.2, 0.25) is 0 Å². The molecule has 1 atom stereocenters. The summed E-state index contributed by atoms with van der Waals surface area (Å²) in [7, 11) is 0. The van der Waals surface area contributed by atoms with E-state index >= 15 is 0 Å². The van der Waals surface area contributed by atoms with E-state index in [4.69, 9.17) is 0 Å². The Bertz CT molecular complexity index is 334. The summed E-state index contributed by atoms with van der Waals surface area (Å²) in [6, 6.07) is 0. The molecule has 0 spiro atoms. The summed E-state index contributed by atoms with van der Waals surface area (Å²) >= 11 is 1.05. The molecule has 0 aliphatic carbocycles. The van der Waals surface area contributed by atoms with Gasteiger partial charge in [0.1, 0.15) is 0 Å². The van der Waals surface area contributed by atoms with Gasteiger partial charge in [-0.15, -0.1) is 0 Å². The first-order valence-corrected chi connectivity index (χ1v) is 5.02. The highest BCUT2D eigenvalue weighted by molar-refractivity contribution is 6.99. The topological polar surface area (TPSA) is 69.2 Å². The summed E-state index contributed by atoms with van der Waals surface area (Å²) in [5, 5.41) is 9.39. The van der Waals surface area contributed by atoms with Gasteiger partial charge in [-0.05, 0) is 12.8 Å². The summed E-state index contributed by atoms with van der Waals surface area (Å²) in [4.78, 5) is 13.0. The van der Waals surface area contributed by atoms with Crippen molar-refractivity contribution in [3.05, 3.63) is 10.4 Å². The first-order valence-electron chi connectivity index (χ1n) is 4.25. The number of aliphatic hydroxyl groups is 1. The normalized spacial score (nSPS) is 23.5. The lowest BCUT2D eigenvalue weighted by molar-refractivity contribution is 0.154. The van der Waals surface area contributed by atoms with E-state index in [1.165, 1.54) is 0 Å². The third kappa shape index (κ3) is 1.73. The van der Waals surface area contributed by atoms with Crippen molar-refractivity contribution in [2.75, 3.05) is 18.0 Å². The Hall–Kier alpha value is -0.880. The van der Waals surface area contributed by atoms with Gasteiger partial charge in [-0.25, -0.2) is 0 Å². The number of piperidine rings is 1. The quantitative estimate of drug-likeness (QED) is 0.660. The van der Waals surface area contributed by atoms with Gasteiger partial charge in [-0.3, -0.25) is 9.17 Å². The molecule has 1 aromatic rings. The highest BCUT2D eigenvalue weighted by Crippen LogP contribution is 2.14. The van der Waals surface area contributed by atoms with E-state index in [9.17, 15) is 9.90 Å². The van der Waals surface area contributed by atoms with Crippen LogP contribution in [-0.4, -0.2) is 33.0 Å². The van der Waals surface area contributed by atoms with Gasteiger partial charge in [0.2, 0.25) is 5.82 Å². The molecule has 0 saturated carbocycles. The number of anilines is 1. The smallest absolute Gasteiger partial charge is 0.302 e. The van der Waals surface area contributed by atoms with Crippen LogP contribution in [0.5, 0.6) is 0 Å². The summed E-state index contributed by atoms with van der Waals surface area (Å²) < 4.78 is 6.49. The van der Waals surface area contributed by atoms with Crippen LogP contribution in [0.4, 0.5) is 5.82 Å². The Morgan fingerprint density at radius 3 is 3.15 bits per heavy atom. The fourth-order valence-electron chi connectivity index (χ4n) is 1.54. The predicted octanol–water partition coefficient (Wildman–Crippen LogP) is -0.208. The Balaban J connectivity index is 2.17. The highest BCUT2D eigenvalue weighted by atomic mass is 32.1. The Morgan fingerprint density at radius 1 is 1.69 bits per heavy atom. The molecule has 1 saturated heterocycles. The molecule has 13 heavy (non-hydrogen) atoms. The molecule has 1 aliphatic heterocycles. The van der Waals surface area contributed by atoms with Gasteiger partial charge >= 0.3 is 5.56 Å². The summed E-state index contributed by atoms with van der Waals surface area (Å²) in [5.41, 5.74) is -0.154. The van der Waals surface area contributed by atoms with Crippen molar-refractivity contribution >= 4 is 17.5 Å². The van der Waals surface area contributed by atoms with Crippen molar-refractivity contribution in [1.29, 1.82) is 0 Å². The molecule has 0 aromatic carbocycles. The third-order valence-corrected chi connectivity index (χ3v) is 2.71. The van der Waals surface area contributed by atoms with E-state index in [0.717, 1.165) is 31.1 Å². The van der Waals surface area contributed by atoms with Gasteiger partial charge in [-0.2, -0.15) is 4.37 Å². The van der Waals surface area contributed by atoms with Crippen LogP contribution in [0.3, 0.4) is 0 Å². The number of rotatable bonds is 1. The number of aromatic amines is 1. The van der Waals surface area contributed by atoms with Crippen LogP contribution in [-0.2, 0) is 0 Å². The van der Waals surface area contributed by atoms with Crippen LogP contribution in [0.15, 0.2) is 4.79 Å². The highest BCUT2D eigenvalue weighted by Gasteiger charge is 2.21. The minimum atomic E-state index is -0.324. The molecule has 72 valence electrons. The molecule has 2 rings (SSSR count). The third-order valence-electron chi connectivity index (χ3n) is 2.17. The van der Waals surface area contributed by atoms with Gasteiger partial charge in [0.15, 0.2) is 0 Å². The van der Waals surface area contributed by atoms with Gasteiger partial charge in [0, 0.05) is 24.8 Å². The average Bonchev–Trinajstić information content (AvgIpc) is 2.51. The van der Waals surface area contributed by atoms with E-state index in [1.807, 2.05) is 4.90 Å². The van der Waals surface area contributed by atoms with Crippen LogP contribution >= 0.6 is 11.7 Å². The molecule has 5 nitrogen and oxygen atoms in total. The lowest BCUT2D eigenvalue weighted by Crippen LogP contribution is -2.40. The van der Waals surface area contributed by atoms with Crippen molar-refractivity contribution in [2.45, 2.75) is 18.9 Å². The van der Waals surface area contributed by atoms with Crippen LogP contribution in [0, 0.1) is 0 Å². The van der Waals surface area contributed by atoms with Gasteiger partial charge in [0.25, 0.3) is 0 Å². The molecule has 2 N–H and O–H groups in total. The maximum atomic E-state index is 11.2. The van der Waals surface area contributed by atoms with Gasteiger partial charge < -0.3 is 10.0 Å². The van der Waals surface area contributed by atoms with Crippen molar-refractivity contribution in [2.24, 2.45) is 0 Å². The molecule has 0 amide bonds. The van der Waals surface area contributed by atoms with Crippen LogP contribution in [0.25, 0.3) is 0 Å². The second kappa shape index (κ2) is 3.47. The van der Waals surface area contributed by atoms with E-state index in [1.54, 1.807) is 0 Å². The lowest BCUT2D eigenvalue weighted by atomic mass is 10.1. The molecule has 1 fully saturated rings. The fourth-order valence-corrected chi connectivity index (χ4v) is 2.05. The Kier molecular flexibility index (Phi) is 2.32. The second-order valence-corrected chi connectivity index (χ2v) is 3.75. The maximum absolute atomic E-state index is 11.2. The van der Waals surface area contributed by atoms with Crippen molar-refractivity contribution in [3.63, 3.8) is 0 Å². The number of H-pyrrole nitrogens is 1. The predicted molar refractivity (Wildman–Crippen MR) is 50.2 cm³/mol. The largest absolute Gasteiger partial charge is 0.391 e. The first-order chi connectivity index (χ1) is 6.27. The zero-order valence-corrected chi connectivity index (χ0v) is 7.88. The number of nitrogens with zero attached hydrogens (tertiary/aromatic N) is 2. The van der Waals surface area contributed by atoms with Crippen LogP contribution < -0.4 is 10.5 Å². The van der Waals surface area contributed by atoms with Crippen molar-refractivity contribution in [1.82, 2.24) is 8.75 Å². The second-order valence-electron chi connectivity index (χ2n) is 3.18. The molecule has 0 bridgehead atoms. The van der Waals surface area contributed by atoms with Crippen molar-refractivity contribution < 1.29 is 5.11 Å². The molecule has 1 aliphatic rings. The van der Waals surface area contributed by atoms with Gasteiger partial charge in [0.05, 0.1) is 6.10 Å². The molecule has 0 unspecified atom stereocenters. The van der Waals surface area contributed by atoms with E-state index < -0.39 is 0 Å². The van der Waals surface area contributed by atoms with E-state index in [-0.39, 0.29) is 11.7 Å². The summed E-state index contributed by atoms with van der Waals surface area (Å²) in [5.74, 6) is 0.448. The van der Waals surface area contributed by atoms with Crippen molar-refractivity contribution in [3.8, 4) is 0 Å². The molecular weight excluding hydrogens is 190 g/mol.